The predicted molar refractivity (Wildman–Crippen MR) is 79.0 cm³/mol. The molecule has 1 N–H and O–H groups in total. The van der Waals surface area contributed by atoms with Gasteiger partial charge in [0.1, 0.15) is 0 Å². The Bertz CT molecular complexity index is 417. The summed E-state index contributed by atoms with van der Waals surface area (Å²) in [5, 5.41) is 2.80. The standard InChI is InChI=1S/C16H24N2O/c1-12-8-13(2)10-18(9-12)11-15-4-6-16(7-5-15)17-14(3)19/h4-7,12-13H,8-11H2,1-3H3,(H,17,19)/t12-,13-/m0/s1. The molecule has 0 unspecified atom stereocenters. The molecule has 1 amide bonds. The molecule has 1 fully saturated rings. The van der Waals surface area contributed by atoms with Gasteiger partial charge in [-0.2, -0.15) is 0 Å². The van der Waals surface area contributed by atoms with Gasteiger partial charge in [-0.05, 0) is 36.0 Å². The first-order valence-corrected chi connectivity index (χ1v) is 7.12. The van der Waals surface area contributed by atoms with Crippen LogP contribution in [0.25, 0.3) is 0 Å². The first-order chi connectivity index (χ1) is 9.02. The van der Waals surface area contributed by atoms with Crippen LogP contribution in [0.3, 0.4) is 0 Å². The van der Waals surface area contributed by atoms with Crippen molar-refractivity contribution in [3.8, 4) is 0 Å². The molecule has 0 saturated carbocycles. The number of piperidine rings is 1. The first kappa shape index (κ1) is 14.1. The zero-order chi connectivity index (χ0) is 13.8. The third-order valence-corrected chi connectivity index (χ3v) is 3.62. The predicted octanol–water partition coefficient (Wildman–Crippen LogP) is 3.12. The molecule has 1 aromatic carbocycles. The van der Waals surface area contributed by atoms with Gasteiger partial charge in [-0.25, -0.2) is 0 Å². The molecule has 1 heterocycles. The van der Waals surface area contributed by atoms with Crippen molar-refractivity contribution in [3.63, 3.8) is 0 Å². The average Bonchev–Trinajstić information content (AvgIpc) is 2.29. The van der Waals surface area contributed by atoms with Crippen molar-refractivity contribution in [2.75, 3.05) is 18.4 Å². The number of anilines is 1. The minimum atomic E-state index is -0.0218. The minimum Gasteiger partial charge on any atom is -0.326 e. The smallest absolute Gasteiger partial charge is 0.221 e. The van der Waals surface area contributed by atoms with Crippen LogP contribution in [-0.4, -0.2) is 23.9 Å². The van der Waals surface area contributed by atoms with E-state index in [0.717, 1.165) is 24.1 Å². The second-order valence-corrected chi connectivity index (χ2v) is 6.02. The number of likely N-dealkylation sites (tertiary alicyclic amines) is 1. The van der Waals surface area contributed by atoms with Crippen molar-refractivity contribution in [1.82, 2.24) is 4.90 Å². The van der Waals surface area contributed by atoms with Crippen LogP contribution >= 0.6 is 0 Å². The van der Waals surface area contributed by atoms with E-state index in [-0.39, 0.29) is 5.91 Å². The van der Waals surface area contributed by atoms with Gasteiger partial charge in [0.05, 0.1) is 0 Å². The van der Waals surface area contributed by atoms with Crippen molar-refractivity contribution in [2.45, 2.75) is 33.7 Å². The summed E-state index contributed by atoms with van der Waals surface area (Å²) < 4.78 is 0. The quantitative estimate of drug-likeness (QED) is 0.905. The molecule has 19 heavy (non-hydrogen) atoms. The number of hydrogen-bond donors (Lipinski definition) is 1. The number of rotatable bonds is 3. The van der Waals surface area contributed by atoms with Gasteiger partial charge in [-0.3, -0.25) is 9.69 Å². The average molecular weight is 260 g/mol. The molecular formula is C16H24N2O. The SMILES string of the molecule is CC(=O)Nc1ccc(CN2C[C@@H](C)C[C@H](C)C2)cc1. The molecule has 3 heteroatoms. The van der Waals surface area contributed by atoms with Gasteiger partial charge >= 0.3 is 0 Å². The molecule has 0 aliphatic carbocycles. The molecule has 2 atom stereocenters. The lowest BCUT2D eigenvalue weighted by Gasteiger charge is -2.35. The Labute approximate surface area is 116 Å². The number of carbonyl (C=O) groups is 1. The van der Waals surface area contributed by atoms with E-state index in [1.807, 2.05) is 12.1 Å². The topological polar surface area (TPSA) is 32.3 Å². The summed E-state index contributed by atoms with van der Waals surface area (Å²) >= 11 is 0. The Morgan fingerprint density at radius 3 is 2.32 bits per heavy atom. The van der Waals surface area contributed by atoms with E-state index < -0.39 is 0 Å². The Morgan fingerprint density at radius 2 is 1.79 bits per heavy atom. The normalized spacial score (nSPS) is 24.2. The summed E-state index contributed by atoms with van der Waals surface area (Å²) in [5.41, 5.74) is 2.19. The van der Waals surface area contributed by atoms with Crippen LogP contribution in [0.4, 0.5) is 5.69 Å². The highest BCUT2D eigenvalue weighted by atomic mass is 16.1. The lowest BCUT2D eigenvalue weighted by molar-refractivity contribution is -0.114. The van der Waals surface area contributed by atoms with Crippen LogP contribution in [-0.2, 0) is 11.3 Å². The van der Waals surface area contributed by atoms with Crippen molar-refractivity contribution in [3.05, 3.63) is 29.8 Å². The second-order valence-electron chi connectivity index (χ2n) is 6.02. The van der Waals surface area contributed by atoms with Gasteiger partial charge in [0.2, 0.25) is 5.91 Å². The molecular weight excluding hydrogens is 236 g/mol. The number of hydrogen-bond acceptors (Lipinski definition) is 2. The lowest BCUT2D eigenvalue weighted by atomic mass is 9.91. The van der Waals surface area contributed by atoms with Crippen LogP contribution < -0.4 is 5.32 Å². The van der Waals surface area contributed by atoms with Gasteiger partial charge < -0.3 is 5.32 Å². The fourth-order valence-electron chi connectivity index (χ4n) is 3.08. The summed E-state index contributed by atoms with van der Waals surface area (Å²) in [7, 11) is 0. The highest BCUT2D eigenvalue weighted by molar-refractivity contribution is 5.88. The number of amides is 1. The molecule has 1 aliphatic heterocycles. The molecule has 1 aromatic rings. The number of nitrogens with zero attached hydrogens (tertiary/aromatic N) is 1. The van der Waals surface area contributed by atoms with Crippen molar-refractivity contribution in [1.29, 1.82) is 0 Å². The van der Waals surface area contributed by atoms with Gasteiger partial charge in [0.25, 0.3) is 0 Å². The molecule has 1 saturated heterocycles. The largest absolute Gasteiger partial charge is 0.326 e. The van der Waals surface area contributed by atoms with Gasteiger partial charge in [-0.15, -0.1) is 0 Å². The van der Waals surface area contributed by atoms with Crippen molar-refractivity contribution in [2.24, 2.45) is 11.8 Å². The van der Waals surface area contributed by atoms with Gasteiger partial charge in [0.15, 0.2) is 0 Å². The van der Waals surface area contributed by atoms with Crippen LogP contribution in [0, 0.1) is 11.8 Å². The van der Waals surface area contributed by atoms with Crippen LogP contribution in [0.1, 0.15) is 32.8 Å². The van der Waals surface area contributed by atoms with E-state index in [0.29, 0.717) is 0 Å². The maximum Gasteiger partial charge on any atom is 0.221 e. The number of benzene rings is 1. The zero-order valence-electron chi connectivity index (χ0n) is 12.1. The molecule has 0 bridgehead atoms. The summed E-state index contributed by atoms with van der Waals surface area (Å²) in [5.74, 6) is 1.57. The third-order valence-electron chi connectivity index (χ3n) is 3.62. The maximum absolute atomic E-state index is 11.0. The second kappa shape index (κ2) is 6.20. The highest BCUT2D eigenvalue weighted by Crippen LogP contribution is 2.22. The Balaban J connectivity index is 1.93. The Morgan fingerprint density at radius 1 is 1.21 bits per heavy atom. The molecule has 1 aliphatic rings. The fraction of sp³-hybridized carbons (Fsp3) is 0.562. The Kier molecular flexibility index (Phi) is 4.59. The highest BCUT2D eigenvalue weighted by Gasteiger charge is 2.21. The van der Waals surface area contributed by atoms with Crippen LogP contribution in [0.5, 0.6) is 0 Å². The van der Waals surface area contributed by atoms with E-state index >= 15 is 0 Å². The number of carbonyl (C=O) groups excluding carboxylic acids is 1. The van der Waals surface area contributed by atoms with Gasteiger partial charge in [0, 0.05) is 32.2 Å². The lowest BCUT2D eigenvalue weighted by Crippen LogP contribution is -2.38. The monoisotopic (exact) mass is 260 g/mol. The summed E-state index contributed by atoms with van der Waals surface area (Å²) in [6.07, 6.45) is 1.35. The third kappa shape index (κ3) is 4.35. The molecule has 2 rings (SSSR count). The summed E-state index contributed by atoms with van der Waals surface area (Å²) in [6, 6.07) is 8.17. The minimum absolute atomic E-state index is 0.0218. The molecule has 0 aromatic heterocycles. The first-order valence-electron chi connectivity index (χ1n) is 7.12. The van der Waals surface area contributed by atoms with Crippen molar-refractivity contribution >= 4 is 11.6 Å². The molecule has 104 valence electrons. The van der Waals surface area contributed by atoms with E-state index in [2.05, 4.69) is 36.2 Å². The summed E-state index contributed by atoms with van der Waals surface area (Å²) in [6.45, 7) is 9.60. The van der Waals surface area contributed by atoms with Crippen molar-refractivity contribution < 1.29 is 4.79 Å². The number of nitrogens with one attached hydrogen (secondary N) is 1. The van der Waals surface area contributed by atoms with E-state index in [4.69, 9.17) is 0 Å². The van der Waals surface area contributed by atoms with Gasteiger partial charge in [-0.1, -0.05) is 26.0 Å². The van der Waals surface area contributed by atoms with E-state index in [1.165, 1.54) is 32.0 Å². The van der Waals surface area contributed by atoms with Crippen LogP contribution in [0.2, 0.25) is 0 Å². The molecule has 0 radical (unpaired) electrons. The Hall–Kier alpha value is -1.35. The van der Waals surface area contributed by atoms with Crippen LogP contribution in [0.15, 0.2) is 24.3 Å². The van der Waals surface area contributed by atoms with E-state index in [9.17, 15) is 4.79 Å². The maximum atomic E-state index is 11.0. The van der Waals surface area contributed by atoms with E-state index in [1.54, 1.807) is 0 Å². The molecule has 3 nitrogen and oxygen atoms in total. The summed E-state index contributed by atoms with van der Waals surface area (Å²) in [4.78, 5) is 13.5. The fourth-order valence-corrected chi connectivity index (χ4v) is 3.08. The zero-order valence-corrected chi connectivity index (χ0v) is 12.1. The molecule has 0 spiro atoms.